The Balaban J connectivity index is 1.95. The molecular formula is C16H16F9O5S-. The Hall–Kier alpha value is -1.25. The summed E-state index contributed by atoms with van der Waals surface area (Å²) in [4.78, 5) is 12.5. The highest BCUT2D eigenvalue weighted by Gasteiger charge is 2.81. The molecule has 1 atom stereocenters. The van der Waals surface area contributed by atoms with Gasteiger partial charge in [0.05, 0.1) is 5.41 Å². The summed E-state index contributed by atoms with van der Waals surface area (Å²) in [7, 11) is -7.51. The molecule has 0 aromatic carbocycles. The Bertz CT molecular complexity index is 817. The van der Waals surface area contributed by atoms with E-state index >= 15 is 0 Å². The largest absolute Gasteiger partial charge is 0.743 e. The number of hydrogen-bond acceptors (Lipinski definition) is 5. The van der Waals surface area contributed by atoms with Gasteiger partial charge in [-0.1, -0.05) is 0 Å². The lowest BCUT2D eigenvalue weighted by Gasteiger charge is -2.55. The number of hydrogen-bond donors (Lipinski definition) is 0. The van der Waals surface area contributed by atoms with Crippen molar-refractivity contribution in [3.05, 3.63) is 0 Å². The number of carbonyl (C=O) groups is 1. The first-order valence-corrected chi connectivity index (χ1v) is 10.5. The van der Waals surface area contributed by atoms with Gasteiger partial charge in [0.15, 0.2) is 10.1 Å². The van der Waals surface area contributed by atoms with E-state index < -0.39 is 50.9 Å². The molecule has 5 nitrogen and oxygen atoms in total. The third-order valence-corrected chi connectivity index (χ3v) is 7.31. The summed E-state index contributed by atoms with van der Waals surface area (Å²) >= 11 is 0. The highest BCUT2D eigenvalue weighted by molar-refractivity contribution is 7.86. The first-order valence-electron chi connectivity index (χ1n) is 9.11. The van der Waals surface area contributed by atoms with Crippen LogP contribution in [0.15, 0.2) is 0 Å². The highest BCUT2D eigenvalue weighted by Crippen LogP contribution is 2.61. The lowest BCUT2D eigenvalue weighted by atomic mass is 9.49. The zero-order chi connectivity index (χ0) is 23.8. The van der Waals surface area contributed by atoms with E-state index in [1.54, 1.807) is 0 Å². The quantitative estimate of drug-likeness (QED) is 0.318. The van der Waals surface area contributed by atoms with Gasteiger partial charge in [-0.05, 0) is 56.3 Å². The molecule has 4 bridgehead atoms. The highest BCUT2D eigenvalue weighted by atomic mass is 32.2. The van der Waals surface area contributed by atoms with E-state index in [-0.39, 0.29) is 37.0 Å². The molecule has 1 unspecified atom stereocenters. The number of carbonyl (C=O) groups excluding carboxylic acids is 1. The minimum Gasteiger partial charge on any atom is -0.743 e. The minimum atomic E-state index is -7.51. The van der Waals surface area contributed by atoms with Crippen LogP contribution < -0.4 is 0 Å². The lowest BCUT2D eigenvalue weighted by Crippen LogP contribution is -2.66. The number of rotatable bonds is 6. The standard InChI is InChI=1S/C16H17F9O5S/c17-13(18,15(22,23)16(24,25)31(27,28)29)10(14(19,20)21)30-11(26)12-4-7-1-8(5-12)3-9(2-7)6-12/h7-10H,1-6H2,(H,27,28,29)/p-1. The van der Waals surface area contributed by atoms with Crippen LogP contribution in [-0.2, 0) is 19.6 Å². The van der Waals surface area contributed by atoms with Crippen molar-refractivity contribution < 1.29 is 62.0 Å². The van der Waals surface area contributed by atoms with Crippen molar-refractivity contribution in [3.63, 3.8) is 0 Å². The molecule has 180 valence electrons. The van der Waals surface area contributed by atoms with E-state index in [0.717, 1.165) is 0 Å². The van der Waals surface area contributed by atoms with E-state index in [1.807, 2.05) is 0 Å². The summed E-state index contributed by atoms with van der Waals surface area (Å²) in [6.07, 6.45) is -9.64. The third-order valence-electron chi connectivity index (χ3n) is 6.42. The lowest BCUT2D eigenvalue weighted by molar-refractivity contribution is -0.357. The Morgan fingerprint density at radius 2 is 1.26 bits per heavy atom. The molecule has 4 fully saturated rings. The first-order chi connectivity index (χ1) is 13.7. The van der Waals surface area contributed by atoms with Crippen LogP contribution in [0.1, 0.15) is 38.5 Å². The summed E-state index contributed by atoms with van der Waals surface area (Å²) in [5, 5.41) is -7.11. The van der Waals surface area contributed by atoms with Crippen LogP contribution in [0.2, 0.25) is 0 Å². The Labute approximate surface area is 170 Å². The molecule has 15 heteroatoms. The Morgan fingerprint density at radius 3 is 1.58 bits per heavy atom. The van der Waals surface area contributed by atoms with Crippen LogP contribution >= 0.6 is 0 Å². The summed E-state index contributed by atoms with van der Waals surface area (Å²) in [5.41, 5.74) is -1.64. The summed E-state index contributed by atoms with van der Waals surface area (Å²) in [5.74, 6) is -16.5. The zero-order valence-electron chi connectivity index (χ0n) is 15.4. The first kappa shape index (κ1) is 24.4. The number of alkyl halides is 9. The minimum absolute atomic E-state index is 0.0174. The molecule has 4 rings (SSSR count). The molecule has 4 aliphatic carbocycles. The maximum Gasteiger partial charge on any atom is 0.431 e. The summed E-state index contributed by atoms with van der Waals surface area (Å²) in [6.45, 7) is 0. The van der Waals surface area contributed by atoms with Crippen LogP contribution in [0.3, 0.4) is 0 Å². The van der Waals surface area contributed by atoms with Crippen molar-refractivity contribution in [2.75, 3.05) is 0 Å². The number of ether oxygens (including phenoxy) is 1. The van der Waals surface area contributed by atoms with Gasteiger partial charge in [-0.3, -0.25) is 4.79 Å². The Kier molecular flexibility index (Phi) is 5.41. The van der Waals surface area contributed by atoms with E-state index in [4.69, 9.17) is 0 Å². The van der Waals surface area contributed by atoms with Gasteiger partial charge in [-0.15, -0.1) is 0 Å². The fourth-order valence-electron chi connectivity index (χ4n) is 5.45. The van der Waals surface area contributed by atoms with Gasteiger partial charge in [-0.2, -0.15) is 39.5 Å². The van der Waals surface area contributed by atoms with Crippen LogP contribution in [0, 0.1) is 23.2 Å². The molecule has 0 aromatic heterocycles. The van der Waals surface area contributed by atoms with Crippen LogP contribution in [0.4, 0.5) is 39.5 Å². The molecule has 0 aliphatic heterocycles. The van der Waals surface area contributed by atoms with Gasteiger partial charge in [-0.25, -0.2) is 8.42 Å². The van der Waals surface area contributed by atoms with Gasteiger partial charge < -0.3 is 9.29 Å². The average molecular weight is 491 g/mol. The molecule has 4 aliphatic rings. The molecule has 0 N–H and O–H groups in total. The molecule has 0 heterocycles. The third kappa shape index (κ3) is 3.68. The topological polar surface area (TPSA) is 83.5 Å². The molecule has 0 amide bonds. The normalized spacial score (nSPS) is 32.8. The molecule has 0 radical (unpaired) electrons. The monoisotopic (exact) mass is 491 g/mol. The van der Waals surface area contributed by atoms with Crippen LogP contribution in [0.25, 0.3) is 0 Å². The second-order valence-corrected chi connectivity index (χ2v) is 10.1. The molecule has 31 heavy (non-hydrogen) atoms. The van der Waals surface area contributed by atoms with E-state index in [2.05, 4.69) is 4.74 Å². The average Bonchev–Trinajstić information content (AvgIpc) is 2.55. The number of esters is 1. The predicted octanol–water partition coefficient (Wildman–Crippen LogP) is 4.09. The smallest absolute Gasteiger partial charge is 0.431 e. The number of halogens is 9. The van der Waals surface area contributed by atoms with Crippen LogP contribution in [0.5, 0.6) is 0 Å². The van der Waals surface area contributed by atoms with Gasteiger partial charge in [0.25, 0.3) is 6.10 Å². The second kappa shape index (κ2) is 6.87. The molecule has 4 saturated carbocycles. The van der Waals surface area contributed by atoms with Crippen molar-refractivity contribution in [1.82, 2.24) is 0 Å². The predicted molar refractivity (Wildman–Crippen MR) is 81.1 cm³/mol. The maximum absolute atomic E-state index is 14.1. The van der Waals surface area contributed by atoms with Crippen molar-refractivity contribution in [2.24, 2.45) is 23.2 Å². The molecule has 0 aromatic rings. The van der Waals surface area contributed by atoms with Crippen molar-refractivity contribution in [1.29, 1.82) is 0 Å². The van der Waals surface area contributed by atoms with Gasteiger partial charge in [0.1, 0.15) is 0 Å². The molecule has 0 saturated heterocycles. The van der Waals surface area contributed by atoms with Crippen molar-refractivity contribution in [2.45, 2.75) is 67.9 Å². The fraction of sp³-hybridized carbons (Fsp3) is 0.938. The van der Waals surface area contributed by atoms with Crippen molar-refractivity contribution >= 4 is 16.1 Å². The maximum atomic E-state index is 14.1. The zero-order valence-corrected chi connectivity index (χ0v) is 16.2. The fourth-order valence-corrected chi connectivity index (χ4v) is 5.90. The SMILES string of the molecule is O=C(OC(C(F)(F)F)C(F)(F)C(F)(F)C(F)(F)S(=O)(=O)[O-])C12CC3CC(CC(C3)C1)C2. The van der Waals surface area contributed by atoms with Crippen molar-refractivity contribution in [3.8, 4) is 0 Å². The van der Waals surface area contributed by atoms with Gasteiger partial charge >= 0.3 is 29.2 Å². The van der Waals surface area contributed by atoms with Gasteiger partial charge in [0, 0.05) is 0 Å². The summed E-state index contributed by atoms with van der Waals surface area (Å²) in [6, 6.07) is 0. The Morgan fingerprint density at radius 1 is 0.871 bits per heavy atom. The van der Waals surface area contributed by atoms with Gasteiger partial charge in [0.2, 0.25) is 0 Å². The van der Waals surface area contributed by atoms with E-state index in [9.17, 15) is 57.3 Å². The second-order valence-electron chi connectivity index (χ2n) is 8.69. The molecular weight excluding hydrogens is 475 g/mol. The van der Waals surface area contributed by atoms with E-state index in [1.165, 1.54) is 0 Å². The summed E-state index contributed by atoms with van der Waals surface area (Å²) < 4.78 is 157. The van der Waals surface area contributed by atoms with Crippen LogP contribution in [-0.4, -0.2) is 48.3 Å². The molecule has 0 spiro atoms. The van der Waals surface area contributed by atoms with E-state index in [0.29, 0.717) is 19.3 Å².